The number of rotatable bonds is 6. The van der Waals surface area contributed by atoms with E-state index in [0.29, 0.717) is 0 Å². The summed E-state index contributed by atoms with van der Waals surface area (Å²) in [5.74, 6) is 0. The molecular weight excluding hydrogens is 136 g/mol. The van der Waals surface area contributed by atoms with Gasteiger partial charge in [0.25, 0.3) is 0 Å². The first-order chi connectivity index (χ1) is 5.41. The van der Waals surface area contributed by atoms with E-state index in [-0.39, 0.29) is 0 Å². The zero-order chi connectivity index (χ0) is 8.36. The average Bonchev–Trinajstić information content (AvgIpc) is 2.03. The summed E-state index contributed by atoms with van der Waals surface area (Å²) in [5.41, 5.74) is 0. The van der Waals surface area contributed by atoms with Crippen molar-refractivity contribution >= 4 is 0 Å². The predicted molar refractivity (Wildman–Crippen MR) is 49.7 cm³/mol. The fourth-order valence-corrected chi connectivity index (χ4v) is 0.692. The van der Waals surface area contributed by atoms with Crippen LogP contribution in [0.15, 0.2) is 24.3 Å². The summed E-state index contributed by atoms with van der Waals surface area (Å²) in [6.45, 7) is 5.69. The lowest BCUT2D eigenvalue weighted by Gasteiger charge is -1.91. The van der Waals surface area contributed by atoms with Crippen LogP contribution in [0.4, 0.5) is 0 Å². The Balaban J connectivity index is 3.09. The first-order valence-electron chi connectivity index (χ1n) is 4.29. The van der Waals surface area contributed by atoms with Crippen LogP contribution < -0.4 is 0 Å². The van der Waals surface area contributed by atoms with E-state index in [1.807, 2.05) is 6.92 Å². The van der Waals surface area contributed by atoms with Crippen molar-refractivity contribution in [2.75, 3.05) is 13.2 Å². The molecule has 11 heavy (non-hydrogen) atoms. The second-order valence-electron chi connectivity index (χ2n) is 2.25. The van der Waals surface area contributed by atoms with Gasteiger partial charge in [-0.1, -0.05) is 31.2 Å². The van der Waals surface area contributed by atoms with Crippen LogP contribution in [0.1, 0.15) is 26.7 Å². The highest BCUT2D eigenvalue weighted by molar-refractivity contribution is 4.92. The maximum Gasteiger partial charge on any atom is 0.0647 e. The molecule has 0 heterocycles. The molecule has 0 spiro atoms. The minimum absolute atomic E-state index is 0.746. The Kier molecular flexibility index (Phi) is 8.96. The fourth-order valence-electron chi connectivity index (χ4n) is 0.692. The van der Waals surface area contributed by atoms with Crippen molar-refractivity contribution in [1.29, 1.82) is 0 Å². The second-order valence-corrected chi connectivity index (χ2v) is 2.25. The van der Waals surface area contributed by atoms with Gasteiger partial charge in [-0.25, -0.2) is 0 Å². The molecule has 0 aromatic heterocycles. The SMILES string of the molecule is CCC=CCC=CCOCC. The number of hydrogen-bond donors (Lipinski definition) is 0. The molecule has 0 aromatic rings. The van der Waals surface area contributed by atoms with E-state index in [2.05, 4.69) is 31.2 Å². The Hall–Kier alpha value is -0.560. The van der Waals surface area contributed by atoms with Crippen LogP contribution in [0, 0.1) is 0 Å². The molecule has 0 fully saturated rings. The summed E-state index contributed by atoms with van der Waals surface area (Å²) < 4.78 is 5.13. The highest BCUT2D eigenvalue weighted by Gasteiger charge is 1.74. The molecule has 1 nitrogen and oxygen atoms in total. The Bertz CT molecular complexity index is 114. The van der Waals surface area contributed by atoms with Gasteiger partial charge in [-0.15, -0.1) is 0 Å². The van der Waals surface area contributed by atoms with Crippen molar-refractivity contribution in [1.82, 2.24) is 0 Å². The molecule has 0 amide bonds. The molecule has 0 aliphatic heterocycles. The van der Waals surface area contributed by atoms with Crippen molar-refractivity contribution in [3.63, 3.8) is 0 Å². The maximum atomic E-state index is 5.13. The van der Waals surface area contributed by atoms with Crippen molar-refractivity contribution in [3.8, 4) is 0 Å². The fraction of sp³-hybridized carbons (Fsp3) is 0.600. The largest absolute Gasteiger partial charge is 0.378 e. The molecule has 0 bridgehead atoms. The Morgan fingerprint density at radius 1 is 1.00 bits per heavy atom. The van der Waals surface area contributed by atoms with Crippen LogP contribution in [0.3, 0.4) is 0 Å². The van der Waals surface area contributed by atoms with Gasteiger partial charge in [-0.3, -0.25) is 0 Å². The molecule has 0 rings (SSSR count). The van der Waals surface area contributed by atoms with Gasteiger partial charge in [-0.05, 0) is 19.8 Å². The Morgan fingerprint density at radius 2 is 1.73 bits per heavy atom. The van der Waals surface area contributed by atoms with E-state index >= 15 is 0 Å². The van der Waals surface area contributed by atoms with Crippen LogP contribution in [0.5, 0.6) is 0 Å². The van der Waals surface area contributed by atoms with Gasteiger partial charge in [0.05, 0.1) is 6.61 Å². The standard InChI is InChI=1S/C10H18O/c1-3-5-6-7-8-9-10-11-4-2/h5-6,8-9H,3-4,7,10H2,1-2H3. The summed E-state index contributed by atoms with van der Waals surface area (Å²) in [5, 5.41) is 0. The minimum atomic E-state index is 0.746. The molecule has 0 atom stereocenters. The van der Waals surface area contributed by atoms with Gasteiger partial charge in [0.15, 0.2) is 0 Å². The topological polar surface area (TPSA) is 9.23 Å². The third kappa shape index (κ3) is 9.44. The summed E-state index contributed by atoms with van der Waals surface area (Å²) in [4.78, 5) is 0. The second kappa shape index (κ2) is 9.44. The third-order valence-electron chi connectivity index (χ3n) is 1.26. The van der Waals surface area contributed by atoms with Crippen molar-refractivity contribution in [2.24, 2.45) is 0 Å². The van der Waals surface area contributed by atoms with Gasteiger partial charge < -0.3 is 4.74 Å². The predicted octanol–water partition coefficient (Wildman–Crippen LogP) is 2.94. The van der Waals surface area contributed by atoms with Crippen LogP contribution >= 0.6 is 0 Å². The lowest BCUT2D eigenvalue weighted by molar-refractivity contribution is 0.177. The molecule has 1 heteroatoms. The van der Waals surface area contributed by atoms with E-state index in [9.17, 15) is 0 Å². The summed E-state index contributed by atoms with van der Waals surface area (Å²) in [6, 6.07) is 0. The highest BCUT2D eigenvalue weighted by atomic mass is 16.5. The average molecular weight is 154 g/mol. The van der Waals surface area contributed by atoms with Gasteiger partial charge in [0.2, 0.25) is 0 Å². The number of hydrogen-bond acceptors (Lipinski definition) is 1. The molecule has 0 saturated heterocycles. The normalized spacial score (nSPS) is 11.8. The first kappa shape index (κ1) is 10.4. The molecule has 64 valence electrons. The lowest BCUT2D eigenvalue weighted by Crippen LogP contribution is -1.87. The Labute approximate surface area is 69.8 Å². The molecule has 0 aliphatic carbocycles. The van der Waals surface area contributed by atoms with Gasteiger partial charge >= 0.3 is 0 Å². The van der Waals surface area contributed by atoms with Gasteiger partial charge in [-0.2, -0.15) is 0 Å². The summed E-state index contributed by atoms with van der Waals surface area (Å²) in [7, 11) is 0. The minimum Gasteiger partial charge on any atom is -0.378 e. The lowest BCUT2D eigenvalue weighted by atomic mass is 10.3. The highest BCUT2D eigenvalue weighted by Crippen LogP contribution is 1.88. The molecule has 0 aliphatic rings. The number of allylic oxidation sites excluding steroid dienone is 3. The van der Waals surface area contributed by atoms with Crippen molar-refractivity contribution < 1.29 is 4.74 Å². The summed E-state index contributed by atoms with van der Waals surface area (Å²) in [6.07, 6.45) is 10.7. The van der Waals surface area contributed by atoms with Crippen LogP contribution in [0.2, 0.25) is 0 Å². The zero-order valence-corrected chi connectivity index (χ0v) is 7.55. The van der Waals surface area contributed by atoms with E-state index in [0.717, 1.165) is 26.1 Å². The van der Waals surface area contributed by atoms with Crippen molar-refractivity contribution in [3.05, 3.63) is 24.3 Å². The monoisotopic (exact) mass is 154 g/mol. The maximum absolute atomic E-state index is 5.13. The van der Waals surface area contributed by atoms with Crippen LogP contribution in [0.25, 0.3) is 0 Å². The molecule has 0 unspecified atom stereocenters. The van der Waals surface area contributed by atoms with E-state index in [1.54, 1.807) is 0 Å². The summed E-state index contributed by atoms with van der Waals surface area (Å²) >= 11 is 0. The number of ether oxygens (including phenoxy) is 1. The molecule has 0 radical (unpaired) electrons. The van der Waals surface area contributed by atoms with Crippen molar-refractivity contribution in [2.45, 2.75) is 26.7 Å². The third-order valence-corrected chi connectivity index (χ3v) is 1.26. The molecule has 0 aromatic carbocycles. The van der Waals surface area contributed by atoms with Gasteiger partial charge in [0.1, 0.15) is 0 Å². The van der Waals surface area contributed by atoms with Crippen LogP contribution in [-0.4, -0.2) is 13.2 Å². The van der Waals surface area contributed by atoms with Gasteiger partial charge in [0, 0.05) is 6.61 Å². The van der Waals surface area contributed by atoms with E-state index in [4.69, 9.17) is 4.74 Å². The first-order valence-corrected chi connectivity index (χ1v) is 4.29. The molecule has 0 saturated carbocycles. The Morgan fingerprint density at radius 3 is 2.36 bits per heavy atom. The van der Waals surface area contributed by atoms with E-state index in [1.165, 1.54) is 0 Å². The van der Waals surface area contributed by atoms with Crippen LogP contribution in [-0.2, 0) is 4.74 Å². The molecular formula is C10H18O. The zero-order valence-electron chi connectivity index (χ0n) is 7.55. The quantitative estimate of drug-likeness (QED) is 0.422. The smallest absolute Gasteiger partial charge is 0.0647 e. The van der Waals surface area contributed by atoms with E-state index < -0.39 is 0 Å². The molecule has 0 N–H and O–H groups in total.